The van der Waals surface area contributed by atoms with Crippen molar-refractivity contribution in [2.45, 2.75) is 78.0 Å². The third kappa shape index (κ3) is 11.8. The van der Waals surface area contributed by atoms with Gasteiger partial charge in [0.15, 0.2) is 5.96 Å². The van der Waals surface area contributed by atoms with Crippen molar-refractivity contribution in [1.29, 1.82) is 0 Å². The summed E-state index contributed by atoms with van der Waals surface area (Å²) in [6.07, 6.45) is 3.90. The van der Waals surface area contributed by atoms with E-state index in [4.69, 9.17) is 9.47 Å². The molecule has 2 unspecified atom stereocenters. The number of hydrogen-bond acceptors (Lipinski definition) is 4. The van der Waals surface area contributed by atoms with E-state index in [0.29, 0.717) is 6.54 Å². The van der Waals surface area contributed by atoms with Gasteiger partial charge >= 0.3 is 6.09 Å². The zero-order chi connectivity index (χ0) is 18.7. The molecule has 0 radical (unpaired) electrons. The number of nitrogens with zero attached hydrogens (tertiary/aromatic N) is 1. The molecular weight excluding hydrogens is 447 g/mol. The summed E-state index contributed by atoms with van der Waals surface area (Å²) in [6.45, 7) is 12.6. The molecule has 8 heteroatoms. The SMILES string of the molecule is CCCC(CN=C(NCC)NCC1CCCO1)NC(=O)OC(C)(C)C.I. The number of ether oxygens (including phenoxy) is 2. The molecule has 1 amide bonds. The first-order valence-electron chi connectivity index (χ1n) is 9.47. The largest absolute Gasteiger partial charge is 0.444 e. The molecule has 1 fully saturated rings. The van der Waals surface area contributed by atoms with E-state index < -0.39 is 11.7 Å². The molecule has 0 aromatic heterocycles. The molecule has 0 aromatic rings. The Kier molecular flexibility index (Phi) is 13.0. The van der Waals surface area contributed by atoms with Gasteiger partial charge in [-0.3, -0.25) is 4.99 Å². The monoisotopic (exact) mass is 484 g/mol. The van der Waals surface area contributed by atoms with E-state index in [9.17, 15) is 4.79 Å². The highest BCUT2D eigenvalue weighted by molar-refractivity contribution is 14.0. The highest BCUT2D eigenvalue weighted by Crippen LogP contribution is 2.10. The van der Waals surface area contributed by atoms with Gasteiger partial charge in [0.05, 0.1) is 18.7 Å². The second-order valence-corrected chi connectivity index (χ2v) is 7.37. The molecule has 1 saturated heterocycles. The maximum atomic E-state index is 12.0. The summed E-state index contributed by atoms with van der Waals surface area (Å²) in [7, 11) is 0. The lowest BCUT2D eigenvalue weighted by atomic mass is 10.1. The van der Waals surface area contributed by atoms with Crippen LogP contribution < -0.4 is 16.0 Å². The summed E-state index contributed by atoms with van der Waals surface area (Å²) in [6, 6.07) is -0.0435. The smallest absolute Gasteiger partial charge is 0.407 e. The maximum Gasteiger partial charge on any atom is 0.407 e. The van der Waals surface area contributed by atoms with Crippen LogP contribution in [0.3, 0.4) is 0 Å². The van der Waals surface area contributed by atoms with E-state index in [-0.39, 0.29) is 36.1 Å². The van der Waals surface area contributed by atoms with E-state index in [0.717, 1.165) is 51.3 Å². The molecule has 26 heavy (non-hydrogen) atoms. The van der Waals surface area contributed by atoms with Crippen LogP contribution in [0.4, 0.5) is 4.79 Å². The van der Waals surface area contributed by atoms with Crippen molar-refractivity contribution in [3.05, 3.63) is 0 Å². The van der Waals surface area contributed by atoms with Crippen molar-refractivity contribution in [2.24, 2.45) is 4.99 Å². The Morgan fingerprint density at radius 3 is 2.58 bits per heavy atom. The lowest BCUT2D eigenvalue weighted by Gasteiger charge is -2.23. The highest BCUT2D eigenvalue weighted by atomic mass is 127. The minimum atomic E-state index is -0.498. The molecule has 1 heterocycles. The van der Waals surface area contributed by atoms with E-state index in [1.54, 1.807) is 0 Å². The standard InChI is InChI=1S/C18H36N4O3.HI/c1-6-9-14(22-17(23)25-18(3,4)5)12-20-16(19-7-2)21-13-15-10-8-11-24-15;/h14-15H,6-13H2,1-5H3,(H,22,23)(H2,19,20,21);1H. The van der Waals surface area contributed by atoms with Crippen molar-refractivity contribution < 1.29 is 14.3 Å². The van der Waals surface area contributed by atoms with Crippen LogP contribution in [0.15, 0.2) is 4.99 Å². The van der Waals surface area contributed by atoms with Gasteiger partial charge in [-0.2, -0.15) is 0 Å². The third-order valence-electron chi connectivity index (χ3n) is 3.69. The van der Waals surface area contributed by atoms with Gasteiger partial charge in [-0.25, -0.2) is 4.79 Å². The van der Waals surface area contributed by atoms with Gasteiger partial charge in [0.25, 0.3) is 0 Å². The minimum Gasteiger partial charge on any atom is -0.444 e. The molecule has 7 nitrogen and oxygen atoms in total. The molecule has 1 aliphatic rings. The number of carbonyl (C=O) groups excluding carboxylic acids is 1. The lowest BCUT2D eigenvalue weighted by Crippen LogP contribution is -2.43. The van der Waals surface area contributed by atoms with Gasteiger partial charge in [-0.1, -0.05) is 13.3 Å². The number of rotatable bonds is 8. The molecule has 2 atom stereocenters. The molecule has 1 aliphatic heterocycles. The number of aliphatic imine (C=N–C) groups is 1. The van der Waals surface area contributed by atoms with Crippen molar-refractivity contribution in [1.82, 2.24) is 16.0 Å². The average molecular weight is 484 g/mol. The molecule has 0 saturated carbocycles. The summed E-state index contributed by atoms with van der Waals surface area (Å²) in [5.74, 6) is 0.755. The Morgan fingerprint density at radius 2 is 2.04 bits per heavy atom. The van der Waals surface area contributed by atoms with E-state index in [1.165, 1.54) is 0 Å². The molecular formula is C18H37IN4O3. The number of halogens is 1. The Morgan fingerprint density at radius 1 is 1.31 bits per heavy atom. The van der Waals surface area contributed by atoms with Gasteiger partial charge in [0.2, 0.25) is 0 Å². The predicted molar refractivity (Wildman–Crippen MR) is 116 cm³/mol. The van der Waals surface area contributed by atoms with Crippen LogP contribution in [0.5, 0.6) is 0 Å². The molecule has 0 aliphatic carbocycles. The molecule has 154 valence electrons. The quantitative estimate of drug-likeness (QED) is 0.280. The Labute approximate surface area is 175 Å². The summed E-state index contributed by atoms with van der Waals surface area (Å²) in [4.78, 5) is 16.6. The molecule has 3 N–H and O–H groups in total. The average Bonchev–Trinajstić information content (AvgIpc) is 3.01. The molecule has 1 rings (SSSR count). The second-order valence-electron chi connectivity index (χ2n) is 7.37. The van der Waals surface area contributed by atoms with Crippen LogP contribution in [-0.2, 0) is 9.47 Å². The fraction of sp³-hybridized carbons (Fsp3) is 0.889. The predicted octanol–water partition coefficient (Wildman–Crippen LogP) is 3.03. The first-order chi connectivity index (χ1) is 11.8. The van der Waals surface area contributed by atoms with Gasteiger partial charge in [0.1, 0.15) is 5.60 Å². The van der Waals surface area contributed by atoms with Crippen molar-refractivity contribution in [3.63, 3.8) is 0 Å². The zero-order valence-electron chi connectivity index (χ0n) is 16.9. The number of nitrogens with one attached hydrogen (secondary N) is 3. The van der Waals surface area contributed by atoms with Gasteiger partial charge in [0, 0.05) is 19.7 Å². The van der Waals surface area contributed by atoms with Crippen LogP contribution in [0.1, 0.15) is 60.3 Å². The molecule has 0 aromatic carbocycles. The summed E-state index contributed by atoms with van der Waals surface area (Å²) >= 11 is 0. The number of alkyl carbamates (subject to hydrolysis) is 1. The number of hydrogen-bond donors (Lipinski definition) is 3. The summed E-state index contributed by atoms with van der Waals surface area (Å²) in [5, 5.41) is 9.48. The number of carbonyl (C=O) groups is 1. The van der Waals surface area contributed by atoms with Gasteiger partial charge < -0.3 is 25.4 Å². The summed E-state index contributed by atoms with van der Waals surface area (Å²) < 4.78 is 11.0. The fourth-order valence-corrected chi connectivity index (χ4v) is 2.59. The fourth-order valence-electron chi connectivity index (χ4n) is 2.59. The summed E-state index contributed by atoms with van der Waals surface area (Å²) in [5.41, 5.74) is -0.498. The van der Waals surface area contributed by atoms with Crippen LogP contribution in [0, 0.1) is 0 Å². The first kappa shape index (κ1) is 25.2. The van der Waals surface area contributed by atoms with Crippen molar-refractivity contribution >= 4 is 36.0 Å². The van der Waals surface area contributed by atoms with Gasteiger partial charge in [-0.05, 0) is 47.0 Å². The zero-order valence-corrected chi connectivity index (χ0v) is 19.2. The first-order valence-corrected chi connectivity index (χ1v) is 9.47. The Balaban J connectivity index is 0.00000625. The van der Waals surface area contributed by atoms with Crippen molar-refractivity contribution in [3.8, 4) is 0 Å². The normalized spacial score (nSPS) is 18.7. The Bertz CT molecular complexity index is 421. The topological polar surface area (TPSA) is 84.0 Å². The van der Waals surface area contributed by atoms with Crippen LogP contribution >= 0.6 is 24.0 Å². The van der Waals surface area contributed by atoms with E-state index in [1.807, 2.05) is 27.7 Å². The highest BCUT2D eigenvalue weighted by Gasteiger charge is 2.19. The van der Waals surface area contributed by atoms with Crippen molar-refractivity contribution in [2.75, 3.05) is 26.2 Å². The minimum absolute atomic E-state index is 0. The lowest BCUT2D eigenvalue weighted by molar-refractivity contribution is 0.0503. The molecule has 0 bridgehead atoms. The van der Waals surface area contributed by atoms with Crippen LogP contribution in [0.25, 0.3) is 0 Å². The number of amides is 1. The van der Waals surface area contributed by atoms with Gasteiger partial charge in [-0.15, -0.1) is 24.0 Å². The third-order valence-corrected chi connectivity index (χ3v) is 3.69. The van der Waals surface area contributed by atoms with Crippen LogP contribution in [0.2, 0.25) is 0 Å². The Hall–Kier alpha value is -0.770. The second kappa shape index (κ2) is 13.4. The van der Waals surface area contributed by atoms with E-state index >= 15 is 0 Å². The van der Waals surface area contributed by atoms with E-state index in [2.05, 4.69) is 27.9 Å². The van der Waals surface area contributed by atoms with Crippen LogP contribution in [-0.4, -0.2) is 56.0 Å². The molecule has 0 spiro atoms. The maximum absolute atomic E-state index is 12.0. The number of guanidine groups is 1.